The summed E-state index contributed by atoms with van der Waals surface area (Å²) in [6.07, 6.45) is 0.462. The van der Waals surface area contributed by atoms with Crippen LogP contribution in [0.15, 0.2) is 36.4 Å². The molecule has 3 nitrogen and oxygen atoms in total. The van der Waals surface area contributed by atoms with Crippen molar-refractivity contribution in [3.8, 4) is 16.9 Å². The molecule has 134 valence electrons. The minimum absolute atomic E-state index is 0.101. The standard InChI is InChI=1S/C20H22F2O3/c1-4-24-18(23)12-25-17-8-6-5-7-15(17)16-10-9-14(11-13(2)3)19(21)20(16)22/h5-10,13H,4,11-12H2,1-3H3. The summed E-state index contributed by atoms with van der Waals surface area (Å²) in [4.78, 5) is 11.5. The molecule has 2 aromatic rings. The van der Waals surface area contributed by atoms with Crippen molar-refractivity contribution in [3.63, 3.8) is 0 Å². The number of ether oxygens (including phenoxy) is 2. The zero-order valence-electron chi connectivity index (χ0n) is 14.6. The Kier molecular flexibility index (Phi) is 6.51. The van der Waals surface area contributed by atoms with Gasteiger partial charge in [0.15, 0.2) is 18.2 Å². The second-order valence-corrected chi connectivity index (χ2v) is 6.09. The molecular formula is C20H22F2O3. The monoisotopic (exact) mass is 348 g/mol. The minimum atomic E-state index is -0.912. The van der Waals surface area contributed by atoms with Crippen LogP contribution in [-0.2, 0) is 16.0 Å². The van der Waals surface area contributed by atoms with Gasteiger partial charge in [-0.3, -0.25) is 0 Å². The van der Waals surface area contributed by atoms with Crippen molar-refractivity contribution in [2.75, 3.05) is 13.2 Å². The van der Waals surface area contributed by atoms with Gasteiger partial charge in [-0.25, -0.2) is 13.6 Å². The summed E-state index contributed by atoms with van der Waals surface area (Å²) in [5, 5.41) is 0. The van der Waals surface area contributed by atoms with Crippen molar-refractivity contribution in [3.05, 3.63) is 53.6 Å². The summed E-state index contributed by atoms with van der Waals surface area (Å²) in [7, 11) is 0. The normalized spacial score (nSPS) is 10.8. The zero-order chi connectivity index (χ0) is 18.4. The van der Waals surface area contributed by atoms with E-state index < -0.39 is 17.6 Å². The van der Waals surface area contributed by atoms with Gasteiger partial charge in [0.1, 0.15) is 5.75 Å². The van der Waals surface area contributed by atoms with Crippen LogP contribution < -0.4 is 4.74 Å². The molecule has 0 bridgehead atoms. The van der Waals surface area contributed by atoms with Gasteiger partial charge in [0.25, 0.3) is 0 Å². The topological polar surface area (TPSA) is 35.5 Å². The first-order valence-electron chi connectivity index (χ1n) is 8.28. The molecule has 0 aliphatic rings. The number of hydrogen-bond acceptors (Lipinski definition) is 3. The smallest absolute Gasteiger partial charge is 0.344 e. The Hall–Kier alpha value is -2.43. The Morgan fingerprint density at radius 3 is 2.44 bits per heavy atom. The SMILES string of the molecule is CCOC(=O)COc1ccccc1-c1ccc(CC(C)C)c(F)c1F. The molecule has 0 radical (unpaired) electrons. The van der Waals surface area contributed by atoms with E-state index in [1.807, 2.05) is 13.8 Å². The lowest BCUT2D eigenvalue weighted by Crippen LogP contribution is -2.15. The summed E-state index contributed by atoms with van der Waals surface area (Å²) < 4.78 is 39.2. The predicted octanol–water partition coefficient (Wildman–Crippen LogP) is 4.77. The van der Waals surface area contributed by atoms with Crippen LogP contribution >= 0.6 is 0 Å². The van der Waals surface area contributed by atoms with E-state index in [0.717, 1.165) is 0 Å². The van der Waals surface area contributed by atoms with Crippen LogP contribution in [0.5, 0.6) is 5.75 Å². The van der Waals surface area contributed by atoms with E-state index in [1.165, 1.54) is 0 Å². The van der Waals surface area contributed by atoms with Crippen molar-refractivity contribution in [2.45, 2.75) is 27.2 Å². The van der Waals surface area contributed by atoms with Gasteiger partial charge in [-0.1, -0.05) is 44.2 Å². The second kappa shape index (κ2) is 8.60. The third kappa shape index (κ3) is 4.78. The fourth-order valence-corrected chi connectivity index (χ4v) is 2.55. The van der Waals surface area contributed by atoms with Crippen LogP contribution in [0, 0.1) is 17.6 Å². The maximum Gasteiger partial charge on any atom is 0.344 e. The molecule has 2 rings (SSSR count). The van der Waals surface area contributed by atoms with E-state index >= 15 is 0 Å². The van der Waals surface area contributed by atoms with Crippen LogP contribution in [0.3, 0.4) is 0 Å². The summed E-state index contributed by atoms with van der Waals surface area (Å²) >= 11 is 0. The maximum atomic E-state index is 14.6. The molecule has 0 saturated carbocycles. The third-order valence-electron chi connectivity index (χ3n) is 3.62. The molecule has 0 spiro atoms. The molecule has 0 unspecified atom stereocenters. The molecule has 0 N–H and O–H groups in total. The number of rotatable bonds is 7. The summed E-state index contributed by atoms with van der Waals surface area (Å²) in [6.45, 7) is 5.55. The molecule has 0 saturated heterocycles. The van der Waals surface area contributed by atoms with Crippen LogP contribution in [0.4, 0.5) is 8.78 Å². The molecule has 0 heterocycles. The van der Waals surface area contributed by atoms with E-state index in [4.69, 9.17) is 9.47 Å². The molecule has 0 aliphatic carbocycles. The van der Waals surface area contributed by atoms with Crippen LogP contribution in [0.1, 0.15) is 26.3 Å². The number of carbonyl (C=O) groups excluding carboxylic acids is 1. The molecular weight excluding hydrogens is 326 g/mol. The average Bonchev–Trinajstić information content (AvgIpc) is 2.58. The maximum absolute atomic E-state index is 14.6. The molecule has 25 heavy (non-hydrogen) atoms. The summed E-state index contributed by atoms with van der Waals surface area (Å²) in [5.41, 5.74) is 0.838. The van der Waals surface area contributed by atoms with Gasteiger partial charge >= 0.3 is 5.97 Å². The van der Waals surface area contributed by atoms with Gasteiger partial charge in [-0.15, -0.1) is 0 Å². The molecule has 5 heteroatoms. The number of esters is 1. The Bertz CT molecular complexity index is 742. The van der Waals surface area contributed by atoms with Gasteiger partial charge in [0.05, 0.1) is 6.61 Å². The van der Waals surface area contributed by atoms with Gasteiger partial charge in [-0.2, -0.15) is 0 Å². The average molecular weight is 348 g/mol. The number of benzene rings is 2. The highest BCUT2D eigenvalue weighted by atomic mass is 19.2. The van der Waals surface area contributed by atoms with Crippen LogP contribution in [-0.4, -0.2) is 19.2 Å². The van der Waals surface area contributed by atoms with E-state index in [1.54, 1.807) is 43.3 Å². The van der Waals surface area contributed by atoms with E-state index in [0.29, 0.717) is 23.3 Å². The Morgan fingerprint density at radius 1 is 1.04 bits per heavy atom. The first-order chi connectivity index (χ1) is 11.9. The zero-order valence-corrected chi connectivity index (χ0v) is 14.6. The number of hydrogen-bond donors (Lipinski definition) is 0. The first kappa shape index (κ1) is 18.9. The summed E-state index contributed by atoms with van der Waals surface area (Å²) in [5.74, 6) is -1.75. The van der Waals surface area contributed by atoms with Crippen molar-refractivity contribution in [1.29, 1.82) is 0 Å². The summed E-state index contributed by atoms with van der Waals surface area (Å²) in [6, 6.07) is 9.77. The van der Waals surface area contributed by atoms with Crippen LogP contribution in [0.2, 0.25) is 0 Å². The van der Waals surface area contributed by atoms with Gasteiger partial charge in [0.2, 0.25) is 0 Å². The lowest BCUT2D eigenvalue weighted by Gasteiger charge is -2.14. The highest BCUT2D eigenvalue weighted by molar-refractivity contribution is 5.74. The van der Waals surface area contributed by atoms with Crippen molar-refractivity contribution < 1.29 is 23.0 Å². The molecule has 0 amide bonds. The molecule has 0 fully saturated rings. The van der Waals surface area contributed by atoms with Gasteiger partial charge in [0, 0.05) is 11.1 Å². The highest BCUT2D eigenvalue weighted by Gasteiger charge is 2.18. The first-order valence-corrected chi connectivity index (χ1v) is 8.28. The predicted molar refractivity (Wildman–Crippen MR) is 92.5 cm³/mol. The molecule has 0 aliphatic heterocycles. The largest absolute Gasteiger partial charge is 0.481 e. The lowest BCUT2D eigenvalue weighted by atomic mass is 9.97. The fourth-order valence-electron chi connectivity index (χ4n) is 2.55. The molecule has 2 aromatic carbocycles. The third-order valence-corrected chi connectivity index (χ3v) is 3.62. The number of halogens is 2. The Morgan fingerprint density at radius 2 is 1.76 bits per heavy atom. The Labute approximate surface area is 146 Å². The van der Waals surface area contributed by atoms with E-state index in [2.05, 4.69) is 0 Å². The van der Waals surface area contributed by atoms with E-state index in [9.17, 15) is 13.6 Å². The van der Waals surface area contributed by atoms with Gasteiger partial charge < -0.3 is 9.47 Å². The number of para-hydroxylation sites is 1. The van der Waals surface area contributed by atoms with Crippen molar-refractivity contribution in [2.24, 2.45) is 5.92 Å². The lowest BCUT2D eigenvalue weighted by molar-refractivity contribution is -0.145. The molecule has 0 aromatic heterocycles. The highest BCUT2D eigenvalue weighted by Crippen LogP contribution is 2.33. The van der Waals surface area contributed by atoms with Crippen molar-refractivity contribution >= 4 is 5.97 Å². The van der Waals surface area contributed by atoms with Crippen molar-refractivity contribution in [1.82, 2.24) is 0 Å². The Balaban J connectivity index is 2.33. The quantitative estimate of drug-likeness (QED) is 0.676. The molecule has 0 atom stereocenters. The minimum Gasteiger partial charge on any atom is -0.481 e. The number of carbonyl (C=O) groups is 1. The van der Waals surface area contributed by atoms with Crippen LogP contribution in [0.25, 0.3) is 11.1 Å². The van der Waals surface area contributed by atoms with E-state index in [-0.39, 0.29) is 24.7 Å². The fraction of sp³-hybridized carbons (Fsp3) is 0.350. The second-order valence-electron chi connectivity index (χ2n) is 6.09. The van der Waals surface area contributed by atoms with Gasteiger partial charge in [-0.05, 0) is 30.9 Å².